The van der Waals surface area contributed by atoms with E-state index in [1.807, 2.05) is 13.8 Å². The van der Waals surface area contributed by atoms with Crippen LogP contribution in [0.2, 0.25) is 0 Å². The first-order chi connectivity index (χ1) is 14.2. The third-order valence-electron chi connectivity index (χ3n) is 5.15. The molecule has 1 N–H and O–H groups in total. The molecule has 1 aliphatic rings. The van der Waals surface area contributed by atoms with E-state index in [2.05, 4.69) is 16.5 Å². The average molecular weight is 434 g/mol. The summed E-state index contributed by atoms with van der Waals surface area (Å²) in [6.07, 6.45) is 3.50. The molecular weight excluding hydrogens is 406 g/mol. The lowest BCUT2D eigenvalue weighted by molar-refractivity contribution is -0.132. The van der Waals surface area contributed by atoms with Gasteiger partial charge in [0.25, 0.3) is 0 Å². The molecule has 2 rings (SSSR count). The fraction of sp³-hybridized carbons (Fsp3) is 0.579. The van der Waals surface area contributed by atoms with Crippen molar-refractivity contribution >= 4 is 21.7 Å². The second-order valence-corrected chi connectivity index (χ2v) is 9.21. The van der Waals surface area contributed by atoms with E-state index in [9.17, 15) is 18.5 Å². The highest BCUT2D eigenvalue weighted by Gasteiger charge is 2.30. The Hall–Kier alpha value is -2.73. The molecule has 2 heterocycles. The van der Waals surface area contributed by atoms with Crippen molar-refractivity contribution in [2.45, 2.75) is 50.1 Å². The van der Waals surface area contributed by atoms with Gasteiger partial charge >= 0.3 is 0 Å². The van der Waals surface area contributed by atoms with Crippen molar-refractivity contribution in [2.24, 2.45) is 0 Å². The fourth-order valence-electron chi connectivity index (χ4n) is 3.07. The molecule has 0 saturated carbocycles. The number of hydrogen-bond donors (Lipinski definition) is 1. The molecule has 1 amide bonds. The van der Waals surface area contributed by atoms with Crippen LogP contribution in [-0.2, 0) is 14.8 Å². The Morgan fingerprint density at radius 2 is 2.17 bits per heavy atom. The standard InChI is InChI=1S/C19H27N7O3S/c1-4-15(2)26(14-19(27)25-10-5-6-16(25)12-21)23-18-8-7-17(13-22-18)30(28,29)24(3)11-9-20/h7-8,13,15-16H,4-6,10-11,14H2,1-3H3,(H,22,23)/t15-,16?/m0/s1. The molecule has 1 aliphatic heterocycles. The predicted molar refractivity (Wildman–Crippen MR) is 110 cm³/mol. The summed E-state index contributed by atoms with van der Waals surface area (Å²) >= 11 is 0. The SMILES string of the molecule is CC[C@H](C)N(CC(=O)N1CCCC1C#N)Nc1ccc(S(=O)(=O)N(C)CC#N)cn1. The Morgan fingerprint density at radius 1 is 1.43 bits per heavy atom. The number of likely N-dealkylation sites (tertiary alicyclic amines) is 1. The third-order valence-corrected chi connectivity index (χ3v) is 6.93. The van der Waals surface area contributed by atoms with Gasteiger partial charge in [0.1, 0.15) is 23.3 Å². The first-order valence-corrected chi connectivity index (χ1v) is 11.2. The number of anilines is 1. The summed E-state index contributed by atoms with van der Waals surface area (Å²) in [5.74, 6) is 0.257. The van der Waals surface area contributed by atoms with E-state index in [1.54, 1.807) is 16.0 Å². The third kappa shape index (κ3) is 5.45. The van der Waals surface area contributed by atoms with Crippen LogP contribution in [0.25, 0.3) is 0 Å². The largest absolute Gasteiger partial charge is 0.325 e. The van der Waals surface area contributed by atoms with Gasteiger partial charge in [-0.25, -0.2) is 18.4 Å². The van der Waals surface area contributed by atoms with Crippen molar-refractivity contribution in [2.75, 3.05) is 32.1 Å². The fourth-order valence-corrected chi connectivity index (χ4v) is 4.09. The van der Waals surface area contributed by atoms with Gasteiger partial charge in [0.05, 0.1) is 18.7 Å². The Morgan fingerprint density at radius 3 is 2.73 bits per heavy atom. The number of pyridine rings is 1. The van der Waals surface area contributed by atoms with E-state index in [-0.39, 0.29) is 36.0 Å². The molecule has 1 aromatic rings. The number of carbonyl (C=O) groups is 1. The van der Waals surface area contributed by atoms with Crippen LogP contribution < -0.4 is 5.43 Å². The molecule has 0 aliphatic carbocycles. The van der Waals surface area contributed by atoms with Crippen LogP contribution in [0.15, 0.2) is 23.2 Å². The number of carbonyl (C=O) groups excluding carboxylic acids is 1. The molecule has 0 bridgehead atoms. The summed E-state index contributed by atoms with van der Waals surface area (Å²) in [6, 6.07) is 6.51. The van der Waals surface area contributed by atoms with Crippen LogP contribution in [0.1, 0.15) is 33.1 Å². The lowest BCUT2D eigenvalue weighted by atomic mass is 10.2. The minimum Gasteiger partial charge on any atom is -0.325 e. The van der Waals surface area contributed by atoms with Gasteiger partial charge in [0.2, 0.25) is 15.9 Å². The molecule has 2 atom stereocenters. The quantitative estimate of drug-likeness (QED) is 0.453. The zero-order valence-electron chi connectivity index (χ0n) is 17.4. The van der Waals surface area contributed by atoms with Gasteiger partial charge in [-0.1, -0.05) is 6.92 Å². The van der Waals surface area contributed by atoms with Crippen molar-refractivity contribution in [1.82, 2.24) is 19.2 Å². The number of nitriles is 2. The van der Waals surface area contributed by atoms with E-state index in [1.165, 1.54) is 25.4 Å². The van der Waals surface area contributed by atoms with E-state index in [0.29, 0.717) is 18.8 Å². The highest BCUT2D eigenvalue weighted by Crippen LogP contribution is 2.19. The van der Waals surface area contributed by atoms with Gasteiger partial charge in [-0.05, 0) is 38.3 Å². The topological polar surface area (TPSA) is 133 Å². The number of hydrogen-bond acceptors (Lipinski definition) is 8. The molecule has 10 nitrogen and oxygen atoms in total. The van der Waals surface area contributed by atoms with Gasteiger partial charge in [0, 0.05) is 25.8 Å². The van der Waals surface area contributed by atoms with Crippen molar-refractivity contribution in [3.63, 3.8) is 0 Å². The molecule has 0 aromatic carbocycles. The first kappa shape index (κ1) is 23.5. The van der Waals surface area contributed by atoms with Crippen LogP contribution in [0, 0.1) is 22.7 Å². The molecule has 1 saturated heterocycles. The van der Waals surface area contributed by atoms with Gasteiger partial charge in [-0.15, -0.1) is 0 Å². The minimum absolute atomic E-state index is 0.00376. The van der Waals surface area contributed by atoms with Crippen LogP contribution in [0.3, 0.4) is 0 Å². The normalized spacial score (nSPS) is 17.6. The first-order valence-electron chi connectivity index (χ1n) is 9.76. The summed E-state index contributed by atoms with van der Waals surface area (Å²) in [6.45, 7) is 4.34. The molecule has 0 spiro atoms. The number of rotatable bonds is 9. The molecule has 1 fully saturated rings. The Labute approximate surface area is 177 Å². The molecule has 1 unspecified atom stereocenters. The van der Waals surface area contributed by atoms with Crippen LogP contribution >= 0.6 is 0 Å². The molecule has 0 radical (unpaired) electrons. The molecule has 1 aromatic heterocycles. The zero-order valence-corrected chi connectivity index (χ0v) is 18.3. The van der Waals surface area contributed by atoms with Crippen LogP contribution in [0.4, 0.5) is 5.82 Å². The predicted octanol–water partition coefficient (Wildman–Crippen LogP) is 1.17. The van der Waals surface area contributed by atoms with Crippen LogP contribution in [-0.4, -0.2) is 72.3 Å². The Kier molecular flexibility index (Phi) is 8.12. The number of aromatic nitrogens is 1. The van der Waals surface area contributed by atoms with Crippen molar-refractivity contribution in [3.05, 3.63) is 18.3 Å². The van der Waals surface area contributed by atoms with E-state index >= 15 is 0 Å². The highest BCUT2D eigenvalue weighted by molar-refractivity contribution is 7.89. The Balaban J connectivity index is 2.13. The number of sulfonamides is 1. The smallest absolute Gasteiger partial charge is 0.245 e. The summed E-state index contributed by atoms with van der Waals surface area (Å²) in [5, 5.41) is 19.7. The summed E-state index contributed by atoms with van der Waals surface area (Å²) in [5.41, 5.74) is 3.08. The Bertz CT molecular complexity index is 921. The lowest BCUT2D eigenvalue weighted by Gasteiger charge is -2.31. The average Bonchev–Trinajstić information content (AvgIpc) is 3.22. The van der Waals surface area contributed by atoms with Crippen molar-refractivity contribution in [3.8, 4) is 12.1 Å². The molecule has 11 heteroatoms. The van der Waals surface area contributed by atoms with Crippen molar-refractivity contribution in [1.29, 1.82) is 10.5 Å². The van der Waals surface area contributed by atoms with Gasteiger partial charge in [-0.2, -0.15) is 14.8 Å². The maximum atomic E-state index is 12.7. The molecule has 162 valence electrons. The summed E-state index contributed by atoms with van der Waals surface area (Å²) < 4.78 is 25.7. The maximum Gasteiger partial charge on any atom is 0.245 e. The summed E-state index contributed by atoms with van der Waals surface area (Å²) in [7, 11) is -2.46. The molecule has 30 heavy (non-hydrogen) atoms. The number of nitrogens with zero attached hydrogens (tertiary/aromatic N) is 6. The highest BCUT2D eigenvalue weighted by atomic mass is 32.2. The second kappa shape index (κ2) is 10.3. The van der Waals surface area contributed by atoms with Gasteiger partial charge in [-0.3, -0.25) is 4.79 Å². The monoisotopic (exact) mass is 433 g/mol. The lowest BCUT2D eigenvalue weighted by Crippen LogP contribution is -2.47. The molecular formula is C19H27N7O3S. The van der Waals surface area contributed by atoms with E-state index in [0.717, 1.165) is 17.1 Å². The number of hydrazine groups is 1. The van der Waals surface area contributed by atoms with Crippen molar-refractivity contribution < 1.29 is 13.2 Å². The number of nitrogens with one attached hydrogen (secondary N) is 1. The van der Waals surface area contributed by atoms with E-state index < -0.39 is 10.0 Å². The second-order valence-electron chi connectivity index (χ2n) is 7.17. The summed E-state index contributed by atoms with van der Waals surface area (Å²) in [4.78, 5) is 18.5. The maximum absolute atomic E-state index is 12.7. The number of amides is 1. The minimum atomic E-state index is -3.79. The van der Waals surface area contributed by atoms with Gasteiger partial charge < -0.3 is 10.3 Å². The zero-order chi connectivity index (χ0) is 22.3. The van der Waals surface area contributed by atoms with Crippen LogP contribution in [0.5, 0.6) is 0 Å². The van der Waals surface area contributed by atoms with E-state index in [4.69, 9.17) is 5.26 Å². The van der Waals surface area contributed by atoms with Gasteiger partial charge in [0.15, 0.2) is 0 Å².